The van der Waals surface area contributed by atoms with E-state index >= 15 is 0 Å². The smallest absolute Gasteiger partial charge is 0.305 e. The molecule has 0 aliphatic rings. The zero-order valence-electron chi connectivity index (χ0n) is 51.3. The van der Waals surface area contributed by atoms with E-state index in [-0.39, 0.29) is 18.5 Å². The zero-order chi connectivity index (χ0) is 55.0. The maximum absolute atomic E-state index is 12.4. The van der Waals surface area contributed by atoms with Crippen molar-refractivity contribution in [3.63, 3.8) is 0 Å². The first-order valence-electron chi connectivity index (χ1n) is 34.3. The average molecular weight is 1070 g/mol. The van der Waals surface area contributed by atoms with Gasteiger partial charge in [0.1, 0.15) is 0 Å². The number of hydrogen-bond donors (Lipinski definition) is 3. The third kappa shape index (κ3) is 61.3. The van der Waals surface area contributed by atoms with Crippen molar-refractivity contribution in [2.75, 3.05) is 13.2 Å². The average Bonchev–Trinajstić information content (AvgIpc) is 3.42. The van der Waals surface area contributed by atoms with E-state index in [4.69, 9.17) is 4.74 Å². The molecule has 0 aromatic rings. The number of hydrogen-bond acceptors (Lipinski definition) is 5. The summed E-state index contributed by atoms with van der Waals surface area (Å²) >= 11 is 0. The lowest BCUT2D eigenvalue weighted by atomic mass is 10.0. The number of esters is 1. The van der Waals surface area contributed by atoms with Gasteiger partial charge in [-0.1, -0.05) is 333 Å². The molecule has 0 rings (SSSR count). The highest BCUT2D eigenvalue weighted by Gasteiger charge is 2.18. The highest BCUT2D eigenvalue weighted by Crippen LogP contribution is 2.18. The summed E-state index contributed by atoms with van der Waals surface area (Å²) in [6.45, 7) is 4.91. The molecule has 0 saturated carbocycles. The van der Waals surface area contributed by atoms with Crippen LogP contribution in [0.15, 0.2) is 36.5 Å². The Morgan fingerprint density at radius 2 is 0.658 bits per heavy atom. The number of nitrogens with one attached hydrogen (secondary N) is 1. The molecule has 0 bridgehead atoms. The lowest BCUT2D eigenvalue weighted by molar-refractivity contribution is -0.143. The summed E-state index contributed by atoms with van der Waals surface area (Å²) in [7, 11) is 0. The Balaban J connectivity index is 3.36. The minimum absolute atomic E-state index is 0.0175. The van der Waals surface area contributed by atoms with Gasteiger partial charge < -0.3 is 20.3 Å². The Morgan fingerprint density at radius 1 is 0.368 bits per heavy atom. The summed E-state index contributed by atoms with van der Waals surface area (Å²) in [6.07, 6.45) is 83.7. The number of aliphatic hydroxyl groups is 2. The maximum Gasteiger partial charge on any atom is 0.305 e. The van der Waals surface area contributed by atoms with E-state index in [1.165, 1.54) is 302 Å². The molecular weight excluding hydrogens is 935 g/mol. The van der Waals surface area contributed by atoms with Gasteiger partial charge in [-0.05, 0) is 64.2 Å². The molecule has 0 fully saturated rings. The normalized spacial score (nSPS) is 12.7. The van der Waals surface area contributed by atoms with Gasteiger partial charge >= 0.3 is 5.97 Å². The van der Waals surface area contributed by atoms with Crippen molar-refractivity contribution in [1.29, 1.82) is 0 Å². The second-order valence-corrected chi connectivity index (χ2v) is 23.5. The molecule has 0 aromatic carbocycles. The predicted molar refractivity (Wildman–Crippen MR) is 333 cm³/mol. The number of unbranched alkanes of at least 4 members (excludes halogenated alkanes) is 49. The molecule has 0 aromatic heterocycles. The first-order valence-corrected chi connectivity index (χ1v) is 34.3. The molecule has 0 heterocycles. The summed E-state index contributed by atoms with van der Waals surface area (Å²) in [6, 6.07) is -0.626. The van der Waals surface area contributed by atoms with Crippen LogP contribution in [-0.4, -0.2) is 47.4 Å². The molecule has 1 amide bonds. The molecule has 448 valence electrons. The fourth-order valence-electron chi connectivity index (χ4n) is 10.7. The van der Waals surface area contributed by atoms with Crippen molar-refractivity contribution in [3.8, 4) is 0 Å². The highest BCUT2D eigenvalue weighted by atomic mass is 16.5. The van der Waals surface area contributed by atoms with Gasteiger partial charge in [-0.3, -0.25) is 9.59 Å². The van der Waals surface area contributed by atoms with Crippen LogP contribution in [0.3, 0.4) is 0 Å². The number of allylic oxidation sites excluding steroid dienone is 5. The Morgan fingerprint density at radius 3 is 1.00 bits per heavy atom. The van der Waals surface area contributed by atoms with Crippen molar-refractivity contribution in [1.82, 2.24) is 5.32 Å². The SMILES string of the molecule is CCCCCCCCCC/C=C/C(O)C(CO)NC(=O)CCCCCCCCCCCCCCCCC/C=C\C/C=C\CCCCCCCCCCCOC(=O)CCCCCCCCCCCCCCCCCCCC. The van der Waals surface area contributed by atoms with Gasteiger partial charge in [0.25, 0.3) is 0 Å². The molecule has 0 aliphatic heterocycles. The molecule has 2 unspecified atom stereocenters. The van der Waals surface area contributed by atoms with Gasteiger partial charge in [-0.15, -0.1) is 0 Å². The summed E-state index contributed by atoms with van der Waals surface area (Å²) in [5.74, 6) is -0.0508. The Bertz CT molecular complexity index is 1230. The van der Waals surface area contributed by atoms with Gasteiger partial charge in [0.15, 0.2) is 0 Å². The van der Waals surface area contributed by atoms with Crippen molar-refractivity contribution in [3.05, 3.63) is 36.5 Å². The van der Waals surface area contributed by atoms with Gasteiger partial charge in [0, 0.05) is 12.8 Å². The highest BCUT2D eigenvalue weighted by molar-refractivity contribution is 5.76. The third-order valence-corrected chi connectivity index (χ3v) is 15.9. The molecule has 3 N–H and O–H groups in total. The van der Waals surface area contributed by atoms with E-state index in [1.807, 2.05) is 6.08 Å². The van der Waals surface area contributed by atoms with Crippen LogP contribution < -0.4 is 5.32 Å². The molecule has 0 aliphatic carbocycles. The Kier molecular flexibility index (Phi) is 63.9. The van der Waals surface area contributed by atoms with Crippen LogP contribution in [0.4, 0.5) is 0 Å². The number of rotatable bonds is 64. The zero-order valence-corrected chi connectivity index (χ0v) is 51.3. The van der Waals surface area contributed by atoms with E-state index in [2.05, 4.69) is 43.5 Å². The Hall–Kier alpha value is -1.92. The molecular formula is C70H133NO5. The van der Waals surface area contributed by atoms with Crippen molar-refractivity contribution in [2.24, 2.45) is 0 Å². The molecule has 0 radical (unpaired) electrons. The Labute approximate surface area is 474 Å². The van der Waals surface area contributed by atoms with Crippen LogP contribution in [-0.2, 0) is 14.3 Å². The van der Waals surface area contributed by atoms with Crippen LogP contribution >= 0.6 is 0 Å². The monoisotopic (exact) mass is 1070 g/mol. The van der Waals surface area contributed by atoms with Crippen LogP contribution in [0, 0.1) is 0 Å². The van der Waals surface area contributed by atoms with Crippen LogP contribution in [0.25, 0.3) is 0 Å². The van der Waals surface area contributed by atoms with Gasteiger partial charge in [-0.25, -0.2) is 0 Å². The summed E-state index contributed by atoms with van der Waals surface area (Å²) in [5, 5.41) is 23.0. The molecule has 6 nitrogen and oxygen atoms in total. The summed E-state index contributed by atoms with van der Waals surface area (Å²) in [4.78, 5) is 24.5. The molecule has 2 atom stereocenters. The molecule has 0 saturated heterocycles. The topological polar surface area (TPSA) is 95.9 Å². The molecule has 6 heteroatoms. The van der Waals surface area contributed by atoms with Crippen molar-refractivity contribution >= 4 is 11.9 Å². The predicted octanol–water partition coefficient (Wildman–Crippen LogP) is 21.9. The standard InChI is InChI=1S/C70H133NO5/c1-3-5-7-9-11-13-15-16-17-18-35-38-41-44-48-52-56-60-64-70(75)76-65-61-57-53-49-45-42-39-36-33-31-29-27-25-23-21-19-20-22-24-26-28-30-32-34-37-40-43-47-51-55-59-63-69(74)71-67(66-72)68(73)62-58-54-50-46-14-12-10-8-6-4-2/h21,23,27,29,58,62,67-68,72-73H,3-20,22,24-26,28,30-57,59-61,63-66H2,1-2H3,(H,71,74)/b23-21-,29-27-,62-58+. The van der Waals surface area contributed by atoms with E-state index in [1.54, 1.807) is 6.08 Å². The van der Waals surface area contributed by atoms with Gasteiger partial charge in [0.2, 0.25) is 5.91 Å². The third-order valence-electron chi connectivity index (χ3n) is 15.9. The molecule has 76 heavy (non-hydrogen) atoms. The minimum Gasteiger partial charge on any atom is -0.466 e. The van der Waals surface area contributed by atoms with Crippen LogP contribution in [0.5, 0.6) is 0 Å². The number of ether oxygens (including phenoxy) is 1. The first-order chi connectivity index (χ1) is 37.5. The van der Waals surface area contributed by atoms with Crippen LogP contribution in [0.1, 0.15) is 373 Å². The number of aliphatic hydroxyl groups excluding tert-OH is 2. The van der Waals surface area contributed by atoms with E-state index < -0.39 is 12.1 Å². The fraction of sp³-hybridized carbons (Fsp3) is 0.886. The van der Waals surface area contributed by atoms with E-state index in [9.17, 15) is 19.8 Å². The lowest BCUT2D eigenvalue weighted by Gasteiger charge is -2.20. The first kappa shape index (κ1) is 74.1. The maximum atomic E-state index is 12.4. The number of amides is 1. The second kappa shape index (κ2) is 65.6. The number of carbonyl (C=O) groups is 2. The minimum atomic E-state index is -0.842. The van der Waals surface area contributed by atoms with Crippen LogP contribution in [0.2, 0.25) is 0 Å². The van der Waals surface area contributed by atoms with Gasteiger partial charge in [0.05, 0.1) is 25.4 Å². The molecule has 0 spiro atoms. The van der Waals surface area contributed by atoms with Gasteiger partial charge in [-0.2, -0.15) is 0 Å². The largest absolute Gasteiger partial charge is 0.466 e. The lowest BCUT2D eigenvalue weighted by Crippen LogP contribution is -2.45. The van der Waals surface area contributed by atoms with E-state index in [0.717, 1.165) is 44.9 Å². The fourth-order valence-corrected chi connectivity index (χ4v) is 10.7. The summed E-state index contributed by atoms with van der Waals surface area (Å²) < 4.78 is 5.50. The second-order valence-electron chi connectivity index (χ2n) is 23.5. The quantitative estimate of drug-likeness (QED) is 0.0320. The van der Waals surface area contributed by atoms with Crippen molar-refractivity contribution < 1.29 is 24.5 Å². The summed E-state index contributed by atoms with van der Waals surface area (Å²) in [5.41, 5.74) is 0. The number of carbonyl (C=O) groups excluding carboxylic acids is 2. The van der Waals surface area contributed by atoms with Crippen molar-refractivity contribution in [2.45, 2.75) is 386 Å². The van der Waals surface area contributed by atoms with E-state index in [0.29, 0.717) is 19.4 Å².